The van der Waals surface area contributed by atoms with Gasteiger partial charge in [0.05, 0.1) is 0 Å². The van der Waals surface area contributed by atoms with E-state index in [0.29, 0.717) is 12.1 Å². The van der Waals surface area contributed by atoms with Gasteiger partial charge in [0.25, 0.3) is 0 Å². The van der Waals surface area contributed by atoms with E-state index in [1.807, 2.05) is 11.9 Å². The number of rotatable bonds is 7. The number of nitrogens with zero attached hydrogens (tertiary/aromatic N) is 1. The summed E-state index contributed by atoms with van der Waals surface area (Å²) < 4.78 is 38.8. The van der Waals surface area contributed by atoms with E-state index < -0.39 is 17.5 Å². The maximum atomic E-state index is 13.0. The van der Waals surface area contributed by atoms with Crippen LogP contribution in [0.2, 0.25) is 0 Å². The molecule has 5 heteroatoms. The van der Waals surface area contributed by atoms with Crippen LogP contribution < -0.4 is 5.32 Å². The minimum absolute atomic E-state index is 0.391. The molecule has 18 heavy (non-hydrogen) atoms. The van der Waals surface area contributed by atoms with E-state index in [0.717, 1.165) is 38.2 Å². The number of nitrogens with one attached hydrogen (secondary N) is 1. The lowest BCUT2D eigenvalue weighted by atomic mass is 10.2. The Bertz CT molecular complexity index is 359. The van der Waals surface area contributed by atoms with E-state index in [4.69, 9.17) is 0 Å². The van der Waals surface area contributed by atoms with Gasteiger partial charge in [0.15, 0.2) is 17.5 Å². The molecule has 1 rings (SSSR count). The first kappa shape index (κ1) is 15.0. The molecular formula is C13H19F3N2. The molecular weight excluding hydrogens is 241 g/mol. The number of hydrogen-bond acceptors (Lipinski definition) is 2. The van der Waals surface area contributed by atoms with Crippen molar-refractivity contribution in [1.29, 1.82) is 0 Å². The normalized spacial score (nSPS) is 11.2. The van der Waals surface area contributed by atoms with Crippen LogP contribution in [0.15, 0.2) is 12.1 Å². The van der Waals surface area contributed by atoms with E-state index in [1.165, 1.54) is 0 Å². The highest BCUT2D eigenvalue weighted by Gasteiger charge is 2.11. The van der Waals surface area contributed by atoms with Gasteiger partial charge < -0.3 is 10.2 Å². The molecule has 2 nitrogen and oxygen atoms in total. The first-order valence-corrected chi connectivity index (χ1v) is 6.07. The average molecular weight is 260 g/mol. The number of likely N-dealkylation sites (N-methyl/N-ethyl adjacent to an activating group) is 1. The van der Waals surface area contributed by atoms with Gasteiger partial charge in [0.1, 0.15) is 0 Å². The Labute approximate surface area is 106 Å². The Morgan fingerprint density at radius 2 is 1.72 bits per heavy atom. The van der Waals surface area contributed by atoms with Crippen LogP contribution in [0.3, 0.4) is 0 Å². The molecule has 0 saturated heterocycles. The molecule has 102 valence electrons. The number of halogens is 3. The van der Waals surface area contributed by atoms with Crippen LogP contribution in [0.4, 0.5) is 13.2 Å². The maximum absolute atomic E-state index is 13.0. The van der Waals surface area contributed by atoms with Crippen molar-refractivity contribution in [1.82, 2.24) is 10.2 Å². The highest BCUT2D eigenvalue weighted by molar-refractivity contribution is 5.19. The van der Waals surface area contributed by atoms with Crippen LogP contribution in [0, 0.1) is 17.5 Å². The van der Waals surface area contributed by atoms with E-state index in [1.54, 1.807) is 0 Å². The van der Waals surface area contributed by atoms with Gasteiger partial charge in [-0.3, -0.25) is 0 Å². The molecule has 0 saturated carbocycles. The summed E-state index contributed by atoms with van der Waals surface area (Å²) in [5, 5.41) is 3.23. The van der Waals surface area contributed by atoms with Gasteiger partial charge in [-0.2, -0.15) is 0 Å². The molecule has 0 aliphatic heterocycles. The fraction of sp³-hybridized carbons (Fsp3) is 0.538. The molecule has 0 unspecified atom stereocenters. The molecule has 0 aromatic heterocycles. The lowest BCUT2D eigenvalue weighted by molar-refractivity contribution is 0.322. The number of benzene rings is 1. The second kappa shape index (κ2) is 7.38. The molecule has 0 bridgehead atoms. The van der Waals surface area contributed by atoms with Gasteiger partial charge in [-0.1, -0.05) is 6.92 Å². The summed E-state index contributed by atoms with van der Waals surface area (Å²) in [6, 6.07) is 2.07. The standard InChI is InChI=1S/C13H19F3N2/c1-3-4-17-5-6-18(2)9-10-7-11(14)13(16)12(15)8-10/h7-8,17H,3-6,9H2,1-2H3. The van der Waals surface area contributed by atoms with Crippen molar-refractivity contribution in [3.63, 3.8) is 0 Å². The lowest BCUT2D eigenvalue weighted by Crippen LogP contribution is -2.29. The quantitative estimate of drug-likeness (QED) is 0.598. The van der Waals surface area contributed by atoms with Crippen molar-refractivity contribution in [2.75, 3.05) is 26.7 Å². The molecule has 0 aliphatic carbocycles. The van der Waals surface area contributed by atoms with Crippen LogP contribution in [-0.4, -0.2) is 31.6 Å². The monoisotopic (exact) mass is 260 g/mol. The zero-order chi connectivity index (χ0) is 13.5. The summed E-state index contributed by atoms with van der Waals surface area (Å²) >= 11 is 0. The van der Waals surface area contributed by atoms with E-state index in [9.17, 15) is 13.2 Å². The fourth-order valence-corrected chi connectivity index (χ4v) is 1.66. The molecule has 0 fully saturated rings. The second-order valence-corrected chi connectivity index (χ2v) is 4.36. The zero-order valence-electron chi connectivity index (χ0n) is 10.8. The van der Waals surface area contributed by atoms with Crippen molar-refractivity contribution in [3.05, 3.63) is 35.1 Å². The fourth-order valence-electron chi connectivity index (χ4n) is 1.66. The summed E-state index contributed by atoms with van der Waals surface area (Å²) in [6.45, 7) is 5.01. The maximum Gasteiger partial charge on any atom is 0.194 e. The third-order valence-corrected chi connectivity index (χ3v) is 2.59. The van der Waals surface area contributed by atoms with Crippen molar-refractivity contribution in [3.8, 4) is 0 Å². The molecule has 0 amide bonds. The Kier molecular flexibility index (Phi) is 6.15. The van der Waals surface area contributed by atoms with Crippen molar-refractivity contribution >= 4 is 0 Å². The molecule has 0 spiro atoms. The van der Waals surface area contributed by atoms with E-state index >= 15 is 0 Å². The van der Waals surface area contributed by atoms with Crippen molar-refractivity contribution in [2.24, 2.45) is 0 Å². The summed E-state index contributed by atoms with van der Waals surface area (Å²) in [4.78, 5) is 1.93. The minimum Gasteiger partial charge on any atom is -0.315 e. The predicted octanol–water partition coefficient (Wildman–Crippen LogP) is 2.54. The zero-order valence-corrected chi connectivity index (χ0v) is 10.8. The van der Waals surface area contributed by atoms with Gasteiger partial charge in [-0.25, -0.2) is 13.2 Å². The van der Waals surface area contributed by atoms with E-state index in [2.05, 4.69) is 12.2 Å². The lowest BCUT2D eigenvalue weighted by Gasteiger charge is -2.17. The Balaban J connectivity index is 2.46. The molecule has 0 aliphatic rings. The SMILES string of the molecule is CCCNCCN(C)Cc1cc(F)c(F)c(F)c1. The third kappa shape index (κ3) is 4.66. The Hall–Kier alpha value is -1.07. The first-order chi connectivity index (χ1) is 8.54. The first-order valence-electron chi connectivity index (χ1n) is 6.07. The molecule has 0 radical (unpaired) electrons. The van der Waals surface area contributed by atoms with Gasteiger partial charge in [-0.15, -0.1) is 0 Å². The average Bonchev–Trinajstić information content (AvgIpc) is 2.31. The highest BCUT2D eigenvalue weighted by Crippen LogP contribution is 2.14. The van der Waals surface area contributed by atoms with Gasteiger partial charge in [0, 0.05) is 19.6 Å². The molecule has 0 atom stereocenters. The van der Waals surface area contributed by atoms with Crippen LogP contribution in [-0.2, 0) is 6.54 Å². The molecule has 0 heterocycles. The van der Waals surface area contributed by atoms with Crippen molar-refractivity contribution < 1.29 is 13.2 Å². The van der Waals surface area contributed by atoms with E-state index in [-0.39, 0.29) is 0 Å². The number of hydrogen-bond donors (Lipinski definition) is 1. The molecule has 1 aromatic rings. The highest BCUT2D eigenvalue weighted by atomic mass is 19.2. The summed E-state index contributed by atoms with van der Waals surface area (Å²) in [6.07, 6.45) is 1.07. The molecule has 1 aromatic carbocycles. The van der Waals surface area contributed by atoms with Crippen LogP contribution in [0.25, 0.3) is 0 Å². The van der Waals surface area contributed by atoms with Gasteiger partial charge in [0.2, 0.25) is 0 Å². The van der Waals surface area contributed by atoms with Gasteiger partial charge >= 0.3 is 0 Å². The molecule has 1 N–H and O–H groups in total. The Morgan fingerprint density at radius 3 is 2.28 bits per heavy atom. The summed E-state index contributed by atoms with van der Waals surface area (Å²) in [7, 11) is 1.85. The minimum atomic E-state index is -1.41. The van der Waals surface area contributed by atoms with Crippen LogP contribution >= 0.6 is 0 Å². The van der Waals surface area contributed by atoms with Gasteiger partial charge in [-0.05, 0) is 37.7 Å². The Morgan fingerprint density at radius 1 is 1.11 bits per heavy atom. The summed E-state index contributed by atoms with van der Waals surface area (Å²) in [5.41, 5.74) is 0.435. The van der Waals surface area contributed by atoms with Crippen LogP contribution in [0.1, 0.15) is 18.9 Å². The predicted molar refractivity (Wildman–Crippen MR) is 65.8 cm³/mol. The third-order valence-electron chi connectivity index (χ3n) is 2.59. The van der Waals surface area contributed by atoms with Crippen LogP contribution in [0.5, 0.6) is 0 Å². The second-order valence-electron chi connectivity index (χ2n) is 4.36. The largest absolute Gasteiger partial charge is 0.315 e. The summed E-state index contributed by atoms with van der Waals surface area (Å²) in [5.74, 6) is -3.68. The van der Waals surface area contributed by atoms with Crippen molar-refractivity contribution in [2.45, 2.75) is 19.9 Å². The smallest absolute Gasteiger partial charge is 0.194 e. The topological polar surface area (TPSA) is 15.3 Å².